The van der Waals surface area contributed by atoms with Crippen molar-refractivity contribution in [1.82, 2.24) is 10.2 Å². The van der Waals surface area contributed by atoms with Gasteiger partial charge in [-0.05, 0) is 51.0 Å². The highest BCUT2D eigenvalue weighted by molar-refractivity contribution is 6.24. The van der Waals surface area contributed by atoms with Crippen LogP contribution in [0.1, 0.15) is 44.2 Å². The summed E-state index contributed by atoms with van der Waals surface area (Å²) in [7, 11) is 4.51. The van der Waals surface area contributed by atoms with Gasteiger partial charge in [-0.25, -0.2) is 0 Å². The lowest BCUT2D eigenvalue weighted by atomic mass is 9.54. The first-order valence-electron chi connectivity index (χ1n) is 13.7. The van der Waals surface area contributed by atoms with E-state index in [2.05, 4.69) is 10.6 Å². The van der Waals surface area contributed by atoms with E-state index in [0.717, 1.165) is 0 Å². The second-order valence-electron chi connectivity index (χ2n) is 11.9. The van der Waals surface area contributed by atoms with Gasteiger partial charge in [0.05, 0.1) is 35.4 Å². The number of hydrogen-bond donors (Lipinski definition) is 8. The minimum atomic E-state index is -3.00. The Bertz CT molecular complexity index is 1430. The molecule has 7 atom stereocenters. The van der Waals surface area contributed by atoms with Crippen molar-refractivity contribution in [2.24, 2.45) is 23.5 Å². The molecule has 0 spiro atoms. The molecule has 1 saturated carbocycles. The van der Waals surface area contributed by atoms with E-state index in [1.807, 2.05) is 13.8 Å². The van der Waals surface area contributed by atoms with Crippen molar-refractivity contribution in [2.45, 2.75) is 56.9 Å². The SMILES string of the molecule is CN[C@@H](CC(C)C)C(=O)Nc1ccc2c(c1O)C(O)=C1C(=O)[C@]3(O)C(O)=C(C(N)=O)C(=O)[C@@H](N(C)C)C3C(O)C1C2C. The molecule has 42 heavy (non-hydrogen) atoms. The topological polar surface area (TPSA) is 223 Å². The monoisotopic (exact) mass is 586 g/mol. The van der Waals surface area contributed by atoms with E-state index in [1.165, 1.54) is 31.1 Å². The predicted octanol–water partition coefficient (Wildman–Crippen LogP) is 0.0684. The number of aliphatic hydroxyl groups excluding tert-OH is 3. The summed E-state index contributed by atoms with van der Waals surface area (Å²) in [6.07, 6.45) is -1.18. The largest absolute Gasteiger partial charge is 0.508 e. The number of benzene rings is 1. The molecule has 4 unspecified atom stereocenters. The van der Waals surface area contributed by atoms with E-state index in [0.29, 0.717) is 12.0 Å². The summed E-state index contributed by atoms with van der Waals surface area (Å²) >= 11 is 0. The van der Waals surface area contributed by atoms with Crippen molar-refractivity contribution in [2.75, 3.05) is 26.5 Å². The highest BCUT2D eigenvalue weighted by Crippen LogP contribution is 2.56. The lowest BCUT2D eigenvalue weighted by molar-refractivity contribution is -0.169. The quantitative estimate of drug-likeness (QED) is 0.158. The van der Waals surface area contributed by atoms with Crippen LogP contribution in [0.15, 0.2) is 29.0 Å². The molecule has 4 rings (SSSR count). The fraction of sp³-hybridized carbons (Fsp3) is 0.517. The Hall–Kier alpha value is -3.78. The lowest BCUT2D eigenvalue weighted by Gasteiger charge is -2.53. The molecule has 3 aliphatic carbocycles. The minimum absolute atomic E-state index is 0.0457. The number of hydrogen-bond acceptors (Lipinski definition) is 11. The number of Topliss-reactive ketones (excluding diaryl/α,β-unsaturated/α-hetero) is 2. The number of aromatic hydroxyl groups is 1. The molecule has 1 fully saturated rings. The Balaban J connectivity index is 1.90. The molecule has 1 aromatic carbocycles. The van der Waals surface area contributed by atoms with Crippen LogP contribution in [0.5, 0.6) is 5.75 Å². The number of ketones is 2. The number of rotatable bonds is 7. The van der Waals surface area contributed by atoms with Gasteiger partial charge in [-0.2, -0.15) is 0 Å². The van der Waals surface area contributed by atoms with E-state index >= 15 is 0 Å². The molecule has 0 radical (unpaired) electrons. The van der Waals surface area contributed by atoms with Crippen molar-refractivity contribution in [3.63, 3.8) is 0 Å². The number of nitrogens with one attached hydrogen (secondary N) is 2. The van der Waals surface area contributed by atoms with Gasteiger partial charge in [0.2, 0.25) is 11.7 Å². The van der Waals surface area contributed by atoms with Gasteiger partial charge in [-0.15, -0.1) is 0 Å². The van der Waals surface area contributed by atoms with Crippen LogP contribution in [0.25, 0.3) is 5.76 Å². The molecule has 0 bridgehead atoms. The second kappa shape index (κ2) is 10.8. The summed E-state index contributed by atoms with van der Waals surface area (Å²) in [5.74, 6) is -10.0. The van der Waals surface area contributed by atoms with Crippen molar-refractivity contribution in [3.8, 4) is 5.75 Å². The molecule has 9 N–H and O–H groups in total. The summed E-state index contributed by atoms with van der Waals surface area (Å²) in [5, 5.41) is 62.6. The van der Waals surface area contributed by atoms with Crippen LogP contribution in [0.3, 0.4) is 0 Å². The summed E-state index contributed by atoms with van der Waals surface area (Å²) < 4.78 is 0. The van der Waals surface area contributed by atoms with Crippen molar-refractivity contribution < 1.29 is 44.7 Å². The van der Waals surface area contributed by atoms with Crippen LogP contribution in [-0.2, 0) is 19.2 Å². The second-order valence-corrected chi connectivity index (χ2v) is 11.9. The Labute approximate surface area is 242 Å². The van der Waals surface area contributed by atoms with Crippen molar-refractivity contribution in [1.29, 1.82) is 0 Å². The van der Waals surface area contributed by atoms with Gasteiger partial charge in [-0.1, -0.05) is 26.8 Å². The van der Waals surface area contributed by atoms with Gasteiger partial charge < -0.3 is 41.9 Å². The molecule has 2 amide bonds. The molecule has 228 valence electrons. The Kier molecular flexibility index (Phi) is 8.02. The maximum Gasteiger partial charge on any atom is 0.255 e. The van der Waals surface area contributed by atoms with Crippen molar-refractivity contribution >= 4 is 34.8 Å². The van der Waals surface area contributed by atoms with Crippen LogP contribution in [0, 0.1) is 17.8 Å². The molecule has 0 aliphatic heterocycles. The Morgan fingerprint density at radius 1 is 1.14 bits per heavy atom. The fourth-order valence-electron chi connectivity index (χ4n) is 6.76. The lowest BCUT2D eigenvalue weighted by Crippen LogP contribution is -2.70. The van der Waals surface area contributed by atoms with Gasteiger partial charge in [0.1, 0.15) is 22.8 Å². The maximum absolute atomic E-state index is 14.1. The molecule has 1 aromatic rings. The third kappa shape index (κ3) is 4.39. The molecule has 0 heterocycles. The van der Waals surface area contributed by atoms with E-state index in [9.17, 15) is 44.7 Å². The van der Waals surface area contributed by atoms with Crippen LogP contribution in [-0.4, -0.2) is 98.7 Å². The summed E-state index contributed by atoms with van der Waals surface area (Å²) in [4.78, 5) is 53.7. The van der Waals surface area contributed by atoms with Crippen LogP contribution in [0.2, 0.25) is 0 Å². The van der Waals surface area contributed by atoms with Crippen LogP contribution < -0.4 is 16.4 Å². The number of fused-ring (bicyclic) bond motifs is 3. The number of phenolic OH excluding ortho intramolecular Hbond substituents is 1. The number of primary amides is 1. The van der Waals surface area contributed by atoms with Crippen LogP contribution in [0.4, 0.5) is 5.69 Å². The molecule has 0 aromatic heterocycles. The van der Waals surface area contributed by atoms with E-state index in [-0.39, 0.29) is 17.2 Å². The smallest absolute Gasteiger partial charge is 0.255 e. The average molecular weight is 587 g/mol. The van der Waals surface area contributed by atoms with Gasteiger partial charge in [-0.3, -0.25) is 24.1 Å². The number of carbonyl (C=O) groups is 4. The van der Waals surface area contributed by atoms with E-state index in [1.54, 1.807) is 14.0 Å². The summed E-state index contributed by atoms with van der Waals surface area (Å²) in [6, 6.07) is 0.970. The number of carbonyl (C=O) groups excluding carboxylic acids is 4. The first-order chi connectivity index (χ1) is 19.5. The van der Waals surface area contributed by atoms with Gasteiger partial charge in [0, 0.05) is 11.5 Å². The standard InChI is InChI=1S/C29H38N4O9/c1-10(2)9-14(31-4)28(41)32-13-8-7-12-11(3)15-17(22(35)16(12)21(13)34)25(38)29(42)19(23(15)36)20(33(5)6)24(37)18(26(29)39)27(30)40/h7-8,10-11,14-15,19-20,23,31,34-36,39,42H,9H2,1-6H3,(H2,30,40)(H,32,41)/t11?,14-,15?,19?,20-,23?,29-/m0/s1. The number of phenols is 1. The number of amides is 2. The van der Waals surface area contributed by atoms with E-state index in [4.69, 9.17) is 5.73 Å². The normalized spacial score (nSPS) is 29.8. The van der Waals surface area contributed by atoms with Crippen molar-refractivity contribution in [3.05, 3.63) is 40.2 Å². The molecule has 13 heteroatoms. The summed E-state index contributed by atoms with van der Waals surface area (Å²) in [6.45, 7) is 5.53. The Morgan fingerprint density at radius 3 is 2.29 bits per heavy atom. The molecule has 3 aliphatic rings. The van der Waals surface area contributed by atoms with Gasteiger partial charge in [0.25, 0.3) is 5.91 Å². The number of aliphatic hydroxyl groups is 4. The third-order valence-electron chi connectivity index (χ3n) is 8.76. The third-order valence-corrected chi connectivity index (χ3v) is 8.76. The molecular weight excluding hydrogens is 548 g/mol. The first kappa shape index (κ1) is 31.2. The number of anilines is 1. The minimum Gasteiger partial charge on any atom is -0.508 e. The number of likely N-dealkylation sites (N-methyl/N-ethyl adjacent to an activating group) is 2. The zero-order valence-corrected chi connectivity index (χ0v) is 24.3. The number of nitrogens with two attached hydrogens (primary N) is 1. The Morgan fingerprint density at radius 2 is 1.76 bits per heavy atom. The predicted molar refractivity (Wildman–Crippen MR) is 151 cm³/mol. The molecule has 0 saturated heterocycles. The van der Waals surface area contributed by atoms with Gasteiger partial charge >= 0.3 is 0 Å². The molecular formula is C29H38N4O9. The average Bonchev–Trinajstić information content (AvgIpc) is 2.90. The fourth-order valence-corrected chi connectivity index (χ4v) is 6.76. The molecule has 13 nitrogen and oxygen atoms in total. The van der Waals surface area contributed by atoms with Gasteiger partial charge in [0.15, 0.2) is 11.4 Å². The zero-order valence-electron chi connectivity index (χ0n) is 24.3. The number of nitrogens with zero attached hydrogens (tertiary/aromatic N) is 1. The summed E-state index contributed by atoms with van der Waals surface area (Å²) in [5.41, 5.74) is 0.940. The zero-order chi connectivity index (χ0) is 31.6. The van der Waals surface area contributed by atoms with Crippen LogP contribution >= 0.6 is 0 Å². The highest BCUT2D eigenvalue weighted by Gasteiger charge is 2.68. The first-order valence-corrected chi connectivity index (χ1v) is 13.7. The highest BCUT2D eigenvalue weighted by atomic mass is 16.4. The van der Waals surface area contributed by atoms with E-state index < -0.39 is 93.3 Å². The maximum atomic E-state index is 14.1.